The van der Waals surface area contributed by atoms with Crippen LogP contribution in [0.3, 0.4) is 0 Å². The van der Waals surface area contributed by atoms with Crippen molar-refractivity contribution in [2.24, 2.45) is 0 Å². The van der Waals surface area contributed by atoms with Gasteiger partial charge in [-0.1, -0.05) is 36.4 Å². The van der Waals surface area contributed by atoms with Gasteiger partial charge >= 0.3 is 5.97 Å². The molecule has 1 N–H and O–H groups in total. The first-order valence-corrected chi connectivity index (χ1v) is 10.5. The van der Waals surface area contributed by atoms with Gasteiger partial charge in [-0.25, -0.2) is 17.9 Å². The van der Waals surface area contributed by atoms with E-state index in [1.54, 1.807) is 19.1 Å². The zero-order chi connectivity index (χ0) is 19.3. The lowest BCUT2D eigenvalue weighted by Gasteiger charge is -2.17. The standard InChI is InChI=1S/C20H24N2O4S/c1-2-26-20(23)17-9-6-10-19(13-17)27(24,25)21-18-11-12-22(15-18)14-16-7-4-3-5-8-16/h3-10,13,18,21H,2,11-12,14-15H2,1H3. The number of nitrogens with zero attached hydrogens (tertiary/aromatic N) is 1. The van der Waals surface area contributed by atoms with Crippen LogP contribution in [0.25, 0.3) is 0 Å². The number of ether oxygens (including phenoxy) is 1. The van der Waals surface area contributed by atoms with Crippen LogP contribution in [-0.4, -0.2) is 45.0 Å². The van der Waals surface area contributed by atoms with Crippen LogP contribution in [0, 0.1) is 0 Å². The molecule has 1 fully saturated rings. The number of sulfonamides is 1. The Morgan fingerprint density at radius 3 is 2.70 bits per heavy atom. The molecule has 2 aromatic rings. The zero-order valence-electron chi connectivity index (χ0n) is 15.3. The van der Waals surface area contributed by atoms with Crippen LogP contribution in [0.2, 0.25) is 0 Å². The van der Waals surface area contributed by atoms with Gasteiger partial charge in [-0.15, -0.1) is 0 Å². The van der Waals surface area contributed by atoms with Crippen molar-refractivity contribution in [3.8, 4) is 0 Å². The number of carbonyl (C=O) groups is 1. The monoisotopic (exact) mass is 388 g/mol. The van der Waals surface area contributed by atoms with E-state index in [1.165, 1.54) is 17.7 Å². The highest BCUT2D eigenvalue weighted by molar-refractivity contribution is 7.89. The smallest absolute Gasteiger partial charge is 0.338 e. The lowest BCUT2D eigenvalue weighted by molar-refractivity contribution is 0.0526. The molecule has 0 bridgehead atoms. The number of esters is 1. The molecule has 1 heterocycles. The molecule has 1 unspecified atom stereocenters. The maximum absolute atomic E-state index is 12.7. The van der Waals surface area contributed by atoms with Crippen LogP contribution in [0.4, 0.5) is 0 Å². The second-order valence-corrected chi connectivity index (χ2v) is 8.29. The zero-order valence-corrected chi connectivity index (χ0v) is 16.1. The average molecular weight is 388 g/mol. The first kappa shape index (κ1) is 19.5. The summed E-state index contributed by atoms with van der Waals surface area (Å²) in [5.74, 6) is -0.524. The van der Waals surface area contributed by atoms with Crippen molar-refractivity contribution in [2.75, 3.05) is 19.7 Å². The summed E-state index contributed by atoms with van der Waals surface area (Å²) in [5, 5.41) is 0. The van der Waals surface area contributed by atoms with E-state index >= 15 is 0 Å². The highest BCUT2D eigenvalue weighted by atomic mass is 32.2. The van der Waals surface area contributed by atoms with Crippen molar-refractivity contribution >= 4 is 16.0 Å². The van der Waals surface area contributed by atoms with Crippen LogP contribution in [0.1, 0.15) is 29.3 Å². The van der Waals surface area contributed by atoms with E-state index in [4.69, 9.17) is 4.74 Å². The summed E-state index contributed by atoms with van der Waals surface area (Å²) in [4.78, 5) is 14.2. The number of hydrogen-bond donors (Lipinski definition) is 1. The second-order valence-electron chi connectivity index (χ2n) is 6.58. The molecule has 0 spiro atoms. The molecule has 0 amide bonds. The Morgan fingerprint density at radius 1 is 1.19 bits per heavy atom. The molecule has 1 atom stereocenters. The molecule has 7 heteroatoms. The quantitative estimate of drug-likeness (QED) is 0.737. The Kier molecular flexibility index (Phi) is 6.26. The van der Waals surface area contributed by atoms with Gasteiger partial charge in [0.2, 0.25) is 10.0 Å². The Labute approximate surface area is 160 Å². The average Bonchev–Trinajstić information content (AvgIpc) is 3.09. The third-order valence-electron chi connectivity index (χ3n) is 4.50. The van der Waals surface area contributed by atoms with E-state index in [1.807, 2.05) is 18.2 Å². The predicted molar refractivity (Wildman–Crippen MR) is 103 cm³/mol. The van der Waals surface area contributed by atoms with Crippen molar-refractivity contribution < 1.29 is 17.9 Å². The minimum absolute atomic E-state index is 0.0783. The van der Waals surface area contributed by atoms with Crippen molar-refractivity contribution in [3.05, 3.63) is 65.7 Å². The maximum atomic E-state index is 12.7. The SMILES string of the molecule is CCOC(=O)c1cccc(S(=O)(=O)NC2CCN(Cc3ccccc3)C2)c1. The highest BCUT2D eigenvalue weighted by Crippen LogP contribution is 2.18. The highest BCUT2D eigenvalue weighted by Gasteiger charge is 2.27. The van der Waals surface area contributed by atoms with Crippen molar-refractivity contribution in [3.63, 3.8) is 0 Å². The van der Waals surface area contributed by atoms with Gasteiger partial charge in [0.15, 0.2) is 0 Å². The van der Waals surface area contributed by atoms with Gasteiger partial charge in [0.1, 0.15) is 0 Å². The van der Waals surface area contributed by atoms with E-state index in [2.05, 4.69) is 21.8 Å². The summed E-state index contributed by atoms with van der Waals surface area (Å²) < 4.78 is 33.1. The van der Waals surface area contributed by atoms with Gasteiger partial charge in [0.05, 0.1) is 17.1 Å². The molecule has 27 heavy (non-hydrogen) atoms. The second kappa shape index (κ2) is 8.65. The molecular weight excluding hydrogens is 364 g/mol. The normalized spacial score (nSPS) is 17.7. The lowest BCUT2D eigenvalue weighted by Crippen LogP contribution is -2.37. The van der Waals surface area contributed by atoms with Crippen LogP contribution in [0.5, 0.6) is 0 Å². The summed E-state index contributed by atoms with van der Waals surface area (Å²) in [6.45, 7) is 4.25. The molecule has 0 saturated carbocycles. The van der Waals surface area contributed by atoms with Gasteiger partial charge in [0, 0.05) is 25.7 Å². The number of hydrogen-bond acceptors (Lipinski definition) is 5. The van der Waals surface area contributed by atoms with Crippen LogP contribution >= 0.6 is 0 Å². The van der Waals surface area contributed by atoms with E-state index in [0.717, 1.165) is 19.5 Å². The Bertz CT molecular complexity index is 884. The lowest BCUT2D eigenvalue weighted by atomic mass is 10.2. The Balaban J connectivity index is 1.63. The van der Waals surface area contributed by atoms with Gasteiger partial charge < -0.3 is 4.74 Å². The fraction of sp³-hybridized carbons (Fsp3) is 0.350. The number of rotatable bonds is 7. The van der Waals surface area contributed by atoms with Gasteiger partial charge in [0.25, 0.3) is 0 Å². The number of benzene rings is 2. The fourth-order valence-electron chi connectivity index (χ4n) is 3.21. The molecule has 0 aromatic heterocycles. The number of carbonyl (C=O) groups excluding carboxylic acids is 1. The molecule has 1 saturated heterocycles. The van der Waals surface area contributed by atoms with E-state index in [9.17, 15) is 13.2 Å². The van der Waals surface area contributed by atoms with Gasteiger partial charge in [-0.05, 0) is 37.1 Å². The molecule has 144 valence electrons. The molecule has 1 aliphatic heterocycles. The topological polar surface area (TPSA) is 75.7 Å². The summed E-state index contributed by atoms with van der Waals surface area (Å²) in [5.41, 5.74) is 1.44. The van der Waals surface area contributed by atoms with Crippen LogP contribution in [0.15, 0.2) is 59.5 Å². The summed E-state index contributed by atoms with van der Waals surface area (Å²) in [6.07, 6.45) is 0.754. The van der Waals surface area contributed by atoms with Crippen molar-refractivity contribution in [1.29, 1.82) is 0 Å². The maximum Gasteiger partial charge on any atom is 0.338 e. The molecule has 0 aliphatic carbocycles. The van der Waals surface area contributed by atoms with Gasteiger partial charge in [-0.3, -0.25) is 4.90 Å². The van der Waals surface area contributed by atoms with Crippen LogP contribution in [-0.2, 0) is 21.3 Å². The van der Waals surface area contributed by atoms with E-state index in [0.29, 0.717) is 6.54 Å². The predicted octanol–water partition coefficient (Wildman–Crippen LogP) is 2.42. The van der Waals surface area contributed by atoms with Crippen molar-refractivity contribution in [1.82, 2.24) is 9.62 Å². The first-order valence-electron chi connectivity index (χ1n) is 9.04. The summed E-state index contributed by atoms with van der Waals surface area (Å²) >= 11 is 0. The molecule has 1 aliphatic rings. The van der Waals surface area contributed by atoms with Crippen molar-refractivity contribution in [2.45, 2.75) is 30.8 Å². The Hall–Kier alpha value is -2.22. The molecule has 6 nitrogen and oxygen atoms in total. The Morgan fingerprint density at radius 2 is 1.96 bits per heavy atom. The molecule has 3 rings (SSSR count). The first-order chi connectivity index (χ1) is 13.0. The summed E-state index contributed by atoms with van der Waals surface area (Å²) in [6, 6.07) is 15.9. The number of nitrogens with one attached hydrogen (secondary N) is 1. The van der Waals surface area contributed by atoms with E-state index in [-0.39, 0.29) is 23.1 Å². The number of likely N-dealkylation sites (tertiary alicyclic amines) is 1. The minimum Gasteiger partial charge on any atom is -0.462 e. The minimum atomic E-state index is -3.70. The van der Waals surface area contributed by atoms with Gasteiger partial charge in [-0.2, -0.15) is 0 Å². The molecular formula is C20H24N2O4S. The summed E-state index contributed by atoms with van der Waals surface area (Å²) in [7, 11) is -3.70. The fourth-order valence-corrected chi connectivity index (χ4v) is 4.51. The van der Waals surface area contributed by atoms with Crippen LogP contribution < -0.4 is 4.72 Å². The third-order valence-corrected chi connectivity index (χ3v) is 6.02. The third kappa shape index (κ3) is 5.15. The largest absolute Gasteiger partial charge is 0.462 e. The molecule has 0 radical (unpaired) electrons. The van der Waals surface area contributed by atoms with E-state index < -0.39 is 16.0 Å². The molecule has 2 aromatic carbocycles.